The number of halogens is 3. The van der Waals surface area contributed by atoms with Gasteiger partial charge < -0.3 is 4.90 Å². The summed E-state index contributed by atoms with van der Waals surface area (Å²) in [7, 11) is -3.69. The van der Waals surface area contributed by atoms with Crippen LogP contribution in [0.3, 0.4) is 0 Å². The summed E-state index contributed by atoms with van der Waals surface area (Å²) in [6.07, 6.45) is -3.16. The molecule has 1 saturated heterocycles. The quantitative estimate of drug-likeness (QED) is 0.755. The highest BCUT2D eigenvalue weighted by molar-refractivity contribution is 7.92. The summed E-state index contributed by atoms with van der Waals surface area (Å²) in [5.41, 5.74) is -0.695. The number of amides is 1. The van der Waals surface area contributed by atoms with Crippen LogP contribution in [0.2, 0.25) is 0 Å². The van der Waals surface area contributed by atoms with Crippen LogP contribution in [0, 0.1) is 0 Å². The zero-order valence-electron chi connectivity index (χ0n) is 15.3. The fourth-order valence-electron chi connectivity index (χ4n) is 3.05. The molecule has 2 aromatic carbocycles. The molecular formula is C20H19F3N2O3S. The van der Waals surface area contributed by atoms with Gasteiger partial charge in [0.2, 0.25) is 10.0 Å². The SMILES string of the molecule is O=C(c1ccccc1C(F)(F)F)N1CCN(S(=O)(=O)/C=C/c2ccccc2)CC1. The van der Waals surface area contributed by atoms with E-state index in [0.29, 0.717) is 0 Å². The maximum Gasteiger partial charge on any atom is 0.417 e. The summed E-state index contributed by atoms with van der Waals surface area (Å²) in [5.74, 6) is -0.755. The molecule has 0 saturated carbocycles. The number of alkyl halides is 3. The van der Waals surface area contributed by atoms with Crippen molar-refractivity contribution in [3.05, 3.63) is 76.7 Å². The molecule has 1 aliphatic heterocycles. The lowest BCUT2D eigenvalue weighted by Gasteiger charge is -2.33. The number of hydrogen-bond acceptors (Lipinski definition) is 3. The lowest BCUT2D eigenvalue weighted by atomic mass is 10.1. The van der Waals surface area contributed by atoms with Gasteiger partial charge in [-0.05, 0) is 23.8 Å². The first-order valence-corrected chi connectivity index (χ1v) is 10.4. The molecule has 3 rings (SSSR count). The Morgan fingerprint density at radius 1 is 0.897 bits per heavy atom. The van der Waals surface area contributed by atoms with Crippen molar-refractivity contribution in [2.24, 2.45) is 0 Å². The zero-order valence-corrected chi connectivity index (χ0v) is 16.2. The standard InChI is InChI=1S/C20H19F3N2O3S/c21-20(22,23)18-9-5-4-8-17(18)19(26)24-11-13-25(14-12-24)29(27,28)15-10-16-6-2-1-3-7-16/h1-10,15H,11-14H2/b15-10+. The smallest absolute Gasteiger partial charge is 0.336 e. The number of benzene rings is 2. The fourth-order valence-corrected chi connectivity index (χ4v) is 4.22. The Morgan fingerprint density at radius 3 is 2.10 bits per heavy atom. The van der Waals surface area contributed by atoms with Crippen molar-refractivity contribution in [1.82, 2.24) is 9.21 Å². The van der Waals surface area contributed by atoms with Crippen molar-refractivity contribution < 1.29 is 26.4 Å². The molecule has 29 heavy (non-hydrogen) atoms. The Hall–Kier alpha value is -2.65. The number of piperazine rings is 1. The molecule has 0 aromatic heterocycles. The van der Waals surface area contributed by atoms with Crippen LogP contribution >= 0.6 is 0 Å². The second-order valence-corrected chi connectivity index (χ2v) is 8.31. The van der Waals surface area contributed by atoms with E-state index in [4.69, 9.17) is 0 Å². The van der Waals surface area contributed by atoms with Gasteiger partial charge in [0, 0.05) is 31.6 Å². The Bertz CT molecular complexity index is 997. The normalized spacial score (nSPS) is 16.3. The average molecular weight is 424 g/mol. The minimum Gasteiger partial charge on any atom is -0.336 e. The predicted molar refractivity (Wildman–Crippen MR) is 103 cm³/mol. The summed E-state index contributed by atoms with van der Waals surface area (Å²) in [4.78, 5) is 13.8. The first-order valence-electron chi connectivity index (χ1n) is 8.87. The molecule has 0 aliphatic carbocycles. The maximum absolute atomic E-state index is 13.2. The van der Waals surface area contributed by atoms with Crippen molar-refractivity contribution in [2.45, 2.75) is 6.18 Å². The first-order chi connectivity index (χ1) is 13.7. The molecule has 0 spiro atoms. The summed E-state index contributed by atoms with van der Waals surface area (Å²) in [6.45, 7) is 0.0651. The van der Waals surface area contributed by atoms with Gasteiger partial charge in [0.05, 0.1) is 11.1 Å². The third kappa shape index (κ3) is 5.04. The fraction of sp³-hybridized carbons (Fsp3) is 0.250. The van der Waals surface area contributed by atoms with Gasteiger partial charge in [-0.3, -0.25) is 4.79 Å². The van der Waals surface area contributed by atoms with Crippen LogP contribution in [-0.4, -0.2) is 49.7 Å². The van der Waals surface area contributed by atoms with Crippen LogP contribution in [0.5, 0.6) is 0 Å². The number of hydrogen-bond donors (Lipinski definition) is 0. The molecule has 1 aliphatic rings. The Balaban J connectivity index is 1.68. The van der Waals surface area contributed by atoms with Crippen molar-refractivity contribution >= 4 is 22.0 Å². The first kappa shape index (κ1) is 21.1. The van der Waals surface area contributed by atoms with Crippen LogP contribution in [0.4, 0.5) is 13.2 Å². The van der Waals surface area contributed by atoms with Gasteiger partial charge >= 0.3 is 6.18 Å². The molecular weight excluding hydrogens is 405 g/mol. The van der Waals surface area contributed by atoms with E-state index < -0.39 is 33.2 Å². The number of sulfonamides is 1. The summed E-state index contributed by atoms with van der Waals surface area (Å²) < 4.78 is 65.6. The van der Waals surface area contributed by atoms with E-state index in [2.05, 4.69) is 0 Å². The van der Waals surface area contributed by atoms with Gasteiger partial charge in [-0.1, -0.05) is 42.5 Å². The topological polar surface area (TPSA) is 57.7 Å². The van der Waals surface area contributed by atoms with Crippen LogP contribution in [-0.2, 0) is 16.2 Å². The van der Waals surface area contributed by atoms with E-state index in [1.807, 2.05) is 6.07 Å². The van der Waals surface area contributed by atoms with Crippen molar-refractivity contribution in [2.75, 3.05) is 26.2 Å². The zero-order chi connectivity index (χ0) is 21.1. The molecule has 154 valence electrons. The predicted octanol–water partition coefficient (Wildman–Crippen LogP) is 3.46. The minimum absolute atomic E-state index is 0.0153. The molecule has 1 fully saturated rings. The van der Waals surface area contributed by atoms with E-state index in [0.717, 1.165) is 23.1 Å². The number of carbonyl (C=O) groups excluding carboxylic acids is 1. The lowest BCUT2D eigenvalue weighted by Crippen LogP contribution is -2.50. The molecule has 0 unspecified atom stereocenters. The number of carbonyl (C=O) groups is 1. The molecule has 5 nitrogen and oxygen atoms in total. The van der Waals surface area contributed by atoms with Gasteiger partial charge in [0.1, 0.15) is 0 Å². The van der Waals surface area contributed by atoms with Gasteiger partial charge in [-0.25, -0.2) is 8.42 Å². The summed E-state index contributed by atoms with van der Waals surface area (Å²) >= 11 is 0. The molecule has 0 atom stereocenters. The second kappa shape index (κ2) is 8.38. The van der Waals surface area contributed by atoms with Crippen LogP contribution in [0.15, 0.2) is 60.0 Å². The molecule has 0 radical (unpaired) electrons. The van der Waals surface area contributed by atoms with Crippen LogP contribution < -0.4 is 0 Å². The van der Waals surface area contributed by atoms with Crippen LogP contribution in [0.1, 0.15) is 21.5 Å². The molecule has 0 N–H and O–H groups in total. The molecule has 2 aromatic rings. The van der Waals surface area contributed by atoms with E-state index in [-0.39, 0.29) is 26.2 Å². The minimum atomic E-state index is -4.64. The summed E-state index contributed by atoms with van der Waals surface area (Å²) in [5, 5.41) is 1.10. The van der Waals surface area contributed by atoms with E-state index in [1.165, 1.54) is 27.4 Å². The van der Waals surface area contributed by atoms with E-state index in [1.54, 1.807) is 24.3 Å². The van der Waals surface area contributed by atoms with Crippen molar-refractivity contribution in [1.29, 1.82) is 0 Å². The van der Waals surface area contributed by atoms with E-state index in [9.17, 15) is 26.4 Å². The number of nitrogens with zero attached hydrogens (tertiary/aromatic N) is 2. The van der Waals surface area contributed by atoms with Gasteiger partial charge in [-0.15, -0.1) is 0 Å². The highest BCUT2D eigenvalue weighted by Gasteiger charge is 2.37. The van der Waals surface area contributed by atoms with Gasteiger partial charge in [-0.2, -0.15) is 17.5 Å². The Labute approximate surface area is 167 Å². The highest BCUT2D eigenvalue weighted by atomic mass is 32.2. The largest absolute Gasteiger partial charge is 0.417 e. The molecule has 9 heteroatoms. The van der Waals surface area contributed by atoms with Crippen molar-refractivity contribution in [3.63, 3.8) is 0 Å². The monoisotopic (exact) mass is 424 g/mol. The van der Waals surface area contributed by atoms with Crippen molar-refractivity contribution in [3.8, 4) is 0 Å². The third-order valence-electron chi connectivity index (χ3n) is 4.58. The highest BCUT2D eigenvalue weighted by Crippen LogP contribution is 2.32. The third-order valence-corrected chi connectivity index (χ3v) is 6.15. The maximum atomic E-state index is 13.2. The Morgan fingerprint density at radius 2 is 1.48 bits per heavy atom. The van der Waals surface area contributed by atoms with Crippen LogP contribution in [0.25, 0.3) is 6.08 Å². The average Bonchev–Trinajstić information content (AvgIpc) is 2.72. The summed E-state index contributed by atoms with van der Waals surface area (Å²) in [6, 6.07) is 13.5. The molecule has 1 amide bonds. The Kier molecular flexibility index (Phi) is 6.09. The lowest BCUT2D eigenvalue weighted by molar-refractivity contribution is -0.138. The molecule has 0 bridgehead atoms. The van der Waals surface area contributed by atoms with Gasteiger partial charge in [0.25, 0.3) is 5.91 Å². The second-order valence-electron chi connectivity index (χ2n) is 6.49. The molecule has 1 heterocycles. The van der Waals surface area contributed by atoms with Gasteiger partial charge in [0.15, 0.2) is 0 Å². The van der Waals surface area contributed by atoms with E-state index >= 15 is 0 Å². The number of rotatable bonds is 4.